The molecule has 1 unspecified atom stereocenters. The average molecular weight is 350 g/mol. The maximum atomic E-state index is 4.98. The molecule has 0 bridgehead atoms. The minimum absolute atomic E-state index is 0.0823. The van der Waals surface area contributed by atoms with Crippen LogP contribution in [0.5, 0.6) is 0 Å². The zero-order valence-electron chi connectivity index (χ0n) is 14.7. The van der Waals surface area contributed by atoms with Crippen LogP contribution in [0.4, 0.5) is 5.82 Å². The maximum absolute atomic E-state index is 4.98. The Hall–Kier alpha value is -3.53. The van der Waals surface area contributed by atoms with Crippen LogP contribution in [0.1, 0.15) is 23.6 Å². The Balaban J connectivity index is 1.69. The van der Waals surface area contributed by atoms with Crippen LogP contribution < -0.4 is 0 Å². The highest BCUT2D eigenvalue weighted by molar-refractivity contribution is 6.03. The molecule has 0 saturated heterocycles. The number of aromatic nitrogens is 3. The van der Waals surface area contributed by atoms with Crippen molar-refractivity contribution in [3.8, 4) is 11.3 Å². The van der Waals surface area contributed by atoms with Crippen molar-refractivity contribution in [2.45, 2.75) is 12.5 Å². The highest BCUT2D eigenvalue weighted by atomic mass is 15.5. The topological polar surface area (TPSA) is 43.1 Å². The standard InChI is InChI=1S/C23H18N4/c1-4-10-17(11-5-1)20-16-21(18-12-6-2-7-13-18)27-23(24-20)22(25-26-27)19-14-8-3-9-15-19/h1-15,21H,16H2. The van der Waals surface area contributed by atoms with Gasteiger partial charge in [-0.05, 0) is 11.1 Å². The van der Waals surface area contributed by atoms with Crippen molar-refractivity contribution in [1.82, 2.24) is 15.0 Å². The predicted molar refractivity (Wildman–Crippen MR) is 107 cm³/mol. The van der Waals surface area contributed by atoms with Crippen LogP contribution in [0.2, 0.25) is 0 Å². The van der Waals surface area contributed by atoms with Crippen molar-refractivity contribution in [1.29, 1.82) is 0 Å². The third-order valence-electron chi connectivity index (χ3n) is 4.93. The van der Waals surface area contributed by atoms with E-state index in [-0.39, 0.29) is 6.04 Å². The Bertz CT molecular complexity index is 1080. The summed E-state index contributed by atoms with van der Waals surface area (Å²) in [6.45, 7) is 0. The molecule has 0 amide bonds. The Morgan fingerprint density at radius 1 is 0.704 bits per heavy atom. The van der Waals surface area contributed by atoms with E-state index in [0.29, 0.717) is 0 Å². The molecular weight excluding hydrogens is 332 g/mol. The largest absolute Gasteiger partial charge is 0.231 e. The lowest BCUT2D eigenvalue weighted by Crippen LogP contribution is -2.21. The van der Waals surface area contributed by atoms with E-state index in [1.807, 2.05) is 35.0 Å². The summed E-state index contributed by atoms with van der Waals surface area (Å²) in [5.74, 6) is 0.820. The fourth-order valence-electron chi connectivity index (χ4n) is 3.58. The zero-order valence-corrected chi connectivity index (χ0v) is 14.7. The molecule has 27 heavy (non-hydrogen) atoms. The third-order valence-corrected chi connectivity index (χ3v) is 4.93. The molecule has 4 aromatic rings. The number of hydrogen-bond donors (Lipinski definition) is 0. The Morgan fingerprint density at radius 2 is 1.30 bits per heavy atom. The van der Waals surface area contributed by atoms with Gasteiger partial charge in [0.05, 0.1) is 11.8 Å². The van der Waals surface area contributed by atoms with Crippen LogP contribution in [-0.4, -0.2) is 20.7 Å². The number of hydrogen-bond acceptors (Lipinski definition) is 3. The van der Waals surface area contributed by atoms with Crippen molar-refractivity contribution < 1.29 is 0 Å². The summed E-state index contributed by atoms with van der Waals surface area (Å²) in [4.78, 5) is 4.98. The van der Waals surface area contributed by atoms with E-state index in [4.69, 9.17) is 4.99 Å². The smallest absolute Gasteiger partial charge is 0.179 e. The molecule has 1 aliphatic rings. The van der Waals surface area contributed by atoms with Crippen LogP contribution in [-0.2, 0) is 0 Å². The quantitative estimate of drug-likeness (QED) is 0.518. The van der Waals surface area contributed by atoms with Gasteiger partial charge in [-0.3, -0.25) is 0 Å². The van der Waals surface area contributed by atoms with E-state index in [1.54, 1.807) is 0 Å². The second-order valence-corrected chi connectivity index (χ2v) is 6.63. The highest BCUT2D eigenvalue weighted by Gasteiger charge is 2.28. The van der Waals surface area contributed by atoms with Gasteiger partial charge in [0, 0.05) is 12.0 Å². The second-order valence-electron chi connectivity index (χ2n) is 6.63. The monoisotopic (exact) mass is 350 g/mol. The zero-order chi connectivity index (χ0) is 18.1. The minimum Gasteiger partial charge on any atom is -0.231 e. The van der Waals surface area contributed by atoms with Crippen LogP contribution in [0.3, 0.4) is 0 Å². The van der Waals surface area contributed by atoms with Crippen molar-refractivity contribution in [2.24, 2.45) is 4.99 Å². The van der Waals surface area contributed by atoms with Crippen molar-refractivity contribution >= 4 is 11.5 Å². The molecule has 0 spiro atoms. The van der Waals surface area contributed by atoms with Gasteiger partial charge >= 0.3 is 0 Å². The molecule has 130 valence electrons. The number of benzene rings is 3. The summed E-state index contributed by atoms with van der Waals surface area (Å²) in [7, 11) is 0. The highest BCUT2D eigenvalue weighted by Crippen LogP contribution is 2.38. The number of fused-ring (bicyclic) bond motifs is 1. The summed E-state index contributed by atoms with van der Waals surface area (Å²) >= 11 is 0. The van der Waals surface area contributed by atoms with Crippen LogP contribution in [0, 0.1) is 0 Å². The van der Waals surface area contributed by atoms with E-state index in [2.05, 4.69) is 71.0 Å². The molecular formula is C23H18N4. The van der Waals surface area contributed by atoms with Crippen molar-refractivity contribution in [3.05, 3.63) is 102 Å². The Kier molecular flexibility index (Phi) is 3.87. The van der Waals surface area contributed by atoms with Gasteiger partial charge in [0.25, 0.3) is 0 Å². The minimum atomic E-state index is 0.0823. The Labute approximate surface area is 157 Å². The third kappa shape index (κ3) is 2.85. The molecule has 0 fully saturated rings. The van der Waals surface area contributed by atoms with Crippen LogP contribution >= 0.6 is 0 Å². The summed E-state index contributed by atoms with van der Waals surface area (Å²) in [6, 6.07) is 31.0. The van der Waals surface area contributed by atoms with Gasteiger partial charge in [0.15, 0.2) is 5.82 Å². The number of rotatable bonds is 3. The second kappa shape index (κ2) is 6.65. The SMILES string of the molecule is c1ccc(C2=Nc3c(-c4ccccc4)nnn3C(c3ccccc3)C2)cc1. The average Bonchev–Trinajstić information content (AvgIpc) is 3.19. The molecule has 4 heteroatoms. The van der Waals surface area contributed by atoms with Gasteiger partial charge in [0.1, 0.15) is 5.69 Å². The molecule has 4 nitrogen and oxygen atoms in total. The molecule has 1 aromatic heterocycles. The summed E-state index contributed by atoms with van der Waals surface area (Å²) in [5.41, 5.74) is 5.28. The molecule has 0 radical (unpaired) electrons. The lowest BCUT2D eigenvalue weighted by Gasteiger charge is -2.24. The Morgan fingerprint density at radius 3 is 1.96 bits per heavy atom. The van der Waals surface area contributed by atoms with Gasteiger partial charge in [-0.2, -0.15) is 0 Å². The summed E-state index contributed by atoms with van der Waals surface area (Å²) in [5, 5.41) is 8.96. The van der Waals surface area contributed by atoms with E-state index < -0.39 is 0 Å². The van der Waals surface area contributed by atoms with Gasteiger partial charge < -0.3 is 0 Å². The summed E-state index contributed by atoms with van der Waals surface area (Å²) < 4.78 is 1.96. The number of nitrogens with zero attached hydrogens (tertiary/aromatic N) is 4. The molecule has 0 saturated carbocycles. The molecule has 5 rings (SSSR count). The fourth-order valence-corrected chi connectivity index (χ4v) is 3.58. The lowest BCUT2D eigenvalue weighted by molar-refractivity contribution is 0.515. The molecule has 0 aliphatic carbocycles. The molecule has 3 aromatic carbocycles. The van der Waals surface area contributed by atoms with Gasteiger partial charge in [-0.1, -0.05) is 96.2 Å². The fraction of sp³-hybridized carbons (Fsp3) is 0.0870. The first-order valence-corrected chi connectivity index (χ1v) is 9.09. The van der Waals surface area contributed by atoms with Crippen molar-refractivity contribution in [2.75, 3.05) is 0 Å². The van der Waals surface area contributed by atoms with Gasteiger partial charge in [-0.15, -0.1) is 5.10 Å². The normalized spacial score (nSPS) is 15.9. The molecule has 1 aliphatic heterocycles. The van der Waals surface area contributed by atoms with Crippen molar-refractivity contribution in [3.63, 3.8) is 0 Å². The van der Waals surface area contributed by atoms with E-state index in [9.17, 15) is 0 Å². The van der Waals surface area contributed by atoms with E-state index >= 15 is 0 Å². The maximum Gasteiger partial charge on any atom is 0.179 e. The van der Waals surface area contributed by atoms with Gasteiger partial charge in [-0.25, -0.2) is 9.67 Å². The first kappa shape index (κ1) is 15.7. The van der Waals surface area contributed by atoms with Crippen LogP contribution in [0.15, 0.2) is 96.0 Å². The lowest BCUT2D eigenvalue weighted by atomic mass is 9.95. The molecule has 2 heterocycles. The first-order valence-electron chi connectivity index (χ1n) is 9.09. The van der Waals surface area contributed by atoms with E-state index in [1.165, 1.54) is 5.56 Å². The summed E-state index contributed by atoms with van der Waals surface area (Å²) in [6.07, 6.45) is 0.790. The molecule has 0 N–H and O–H groups in total. The van der Waals surface area contributed by atoms with Gasteiger partial charge in [0.2, 0.25) is 0 Å². The first-order chi connectivity index (χ1) is 13.4. The predicted octanol–water partition coefficient (Wildman–Crippen LogP) is 5.06. The van der Waals surface area contributed by atoms with Crippen LogP contribution in [0.25, 0.3) is 11.3 Å². The van der Waals surface area contributed by atoms with E-state index in [0.717, 1.165) is 34.8 Å². The number of aliphatic imine (C=N–C) groups is 1. The molecule has 1 atom stereocenters.